The van der Waals surface area contributed by atoms with E-state index in [0.29, 0.717) is 38.3 Å². The Hall–Kier alpha value is -1.89. The first-order valence-corrected chi connectivity index (χ1v) is 7.25. The van der Waals surface area contributed by atoms with Crippen molar-refractivity contribution < 1.29 is 19.0 Å². The molecular formula is C13H17N4O4P. The fourth-order valence-corrected chi connectivity index (χ4v) is 1.88. The lowest BCUT2D eigenvalue weighted by Gasteiger charge is -2.08. The zero-order valence-corrected chi connectivity index (χ0v) is 13.1. The van der Waals surface area contributed by atoms with E-state index in [2.05, 4.69) is 24.8 Å². The van der Waals surface area contributed by atoms with Gasteiger partial charge in [-0.3, -0.25) is 0 Å². The normalized spacial score (nSPS) is 10.6. The maximum absolute atomic E-state index is 10.0. The van der Waals surface area contributed by atoms with Crippen LogP contribution in [0.1, 0.15) is 0 Å². The second kappa shape index (κ2) is 9.19. The summed E-state index contributed by atoms with van der Waals surface area (Å²) in [6, 6.07) is 7.42. The molecule has 1 heterocycles. The number of aromatic nitrogens is 4. The van der Waals surface area contributed by atoms with Crippen LogP contribution in [0.15, 0.2) is 24.3 Å². The van der Waals surface area contributed by atoms with Crippen molar-refractivity contribution in [2.45, 2.75) is 0 Å². The van der Waals surface area contributed by atoms with Crippen LogP contribution in [0.4, 0.5) is 0 Å². The van der Waals surface area contributed by atoms with Crippen LogP contribution in [0, 0.1) is 0 Å². The smallest absolute Gasteiger partial charge is 0.172 e. The van der Waals surface area contributed by atoms with Gasteiger partial charge >= 0.3 is 0 Å². The molecule has 22 heavy (non-hydrogen) atoms. The molecule has 0 bridgehead atoms. The third-order valence-corrected chi connectivity index (χ3v) is 2.99. The molecule has 118 valence electrons. The minimum Gasteiger partial charge on any atom is -0.491 e. The summed E-state index contributed by atoms with van der Waals surface area (Å²) in [6.45, 7) is 1.83. The van der Waals surface area contributed by atoms with Gasteiger partial charge in [0.15, 0.2) is 5.57 Å². The molecule has 0 N–H and O–H groups in total. The Labute approximate surface area is 129 Å². The first-order chi connectivity index (χ1) is 10.8. The molecule has 2 rings (SSSR count). The molecule has 0 fully saturated rings. The number of tetrazole rings is 1. The maximum Gasteiger partial charge on any atom is 0.172 e. The van der Waals surface area contributed by atoms with E-state index in [-0.39, 0.29) is 6.61 Å². The van der Waals surface area contributed by atoms with Crippen LogP contribution in [0.3, 0.4) is 0 Å². The van der Waals surface area contributed by atoms with Crippen molar-refractivity contribution in [2.24, 2.45) is 0 Å². The lowest BCUT2D eigenvalue weighted by Crippen LogP contribution is -2.12. The van der Waals surface area contributed by atoms with E-state index in [9.17, 15) is 4.79 Å². The molecule has 2 aromatic rings. The van der Waals surface area contributed by atoms with Crippen molar-refractivity contribution in [1.82, 2.24) is 20.2 Å². The van der Waals surface area contributed by atoms with Gasteiger partial charge in [-0.25, -0.2) is 0 Å². The molecule has 1 aromatic heterocycles. The minimum atomic E-state index is 0.103. The van der Waals surface area contributed by atoms with E-state index in [1.807, 2.05) is 24.3 Å². The van der Waals surface area contributed by atoms with Crippen molar-refractivity contribution >= 4 is 21.1 Å². The van der Waals surface area contributed by atoms with Gasteiger partial charge < -0.3 is 19.0 Å². The Morgan fingerprint density at radius 2 is 1.82 bits per heavy atom. The van der Waals surface area contributed by atoms with Crippen LogP contribution in [-0.2, 0) is 14.3 Å². The predicted octanol–water partition coefficient (Wildman–Crippen LogP) is -0.226. The highest BCUT2D eigenvalue weighted by Crippen LogP contribution is 2.14. The maximum atomic E-state index is 10.0. The summed E-state index contributed by atoms with van der Waals surface area (Å²) in [4.78, 5) is 10.0. The van der Waals surface area contributed by atoms with Crippen molar-refractivity contribution in [1.29, 1.82) is 0 Å². The number of nitrogens with zero attached hydrogens (tertiary/aromatic N) is 4. The molecule has 1 unspecified atom stereocenters. The fraction of sp³-hybridized carbons (Fsp3) is 0.385. The summed E-state index contributed by atoms with van der Waals surface area (Å²) in [6.07, 6.45) is 0.711. The SMILES string of the molecule is O=CCOCCOCCOc1ccc(-n2nnnc2P)cc1. The second-order valence-corrected chi connectivity index (χ2v) is 4.66. The summed E-state index contributed by atoms with van der Waals surface area (Å²) in [5, 5.41) is 11.3. The molecule has 0 radical (unpaired) electrons. The fourth-order valence-electron chi connectivity index (χ4n) is 1.63. The molecule has 0 aliphatic carbocycles. The number of benzene rings is 1. The highest BCUT2D eigenvalue weighted by molar-refractivity contribution is 7.26. The van der Waals surface area contributed by atoms with Crippen molar-refractivity contribution in [3.05, 3.63) is 24.3 Å². The number of carbonyl (C=O) groups excluding carboxylic acids is 1. The van der Waals surface area contributed by atoms with Gasteiger partial charge in [0.2, 0.25) is 0 Å². The van der Waals surface area contributed by atoms with Gasteiger partial charge in [-0.05, 0) is 34.7 Å². The molecule has 0 aliphatic heterocycles. The molecular weight excluding hydrogens is 307 g/mol. The molecule has 0 saturated heterocycles. The predicted molar refractivity (Wildman–Crippen MR) is 81.7 cm³/mol. The lowest BCUT2D eigenvalue weighted by atomic mass is 10.3. The van der Waals surface area contributed by atoms with Gasteiger partial charge in [0.1, 0.15) is 25.2 Å². The van der Waals surface area contributed by atoms with E-state index in [1.165, 1.54) is 0 Å². The average molecular weight is 324 g/mol. The quantitative estimate of drug-likeness (QED) is 0.339. The van der Waals surface area contributed by atoms with E-state index < -0.39 is 0 Å². The van der Waals surface area contributed by atoms with Crippen LogP contribution in [0.2, 0.25) is 0 Å². The molecule has 1 aromatic carbocycles. The monoisotopic (exact) mass is 324 g/mol. The van der Waals surface area contributed by atoms with Crippen molar-refractivity contribution in [2.75, 3.05) is 33.0 Å². The van der Waals surface area contributed by atoms with E-state index >= 15 is 0 Å². The molecule has 0 spiro atoms. The number of carbonyl (C=O) groups is 1. The summed E-state index contributed by atoms with van der Waals surface area (Å²) in [5.41, 5.74) is 1.49. The first kappa shape index (κ1) is 16.5. The van der Waals surface area contributed by atoms with Crippen molar-refractivity contribution in [3.63, 3.8) is 0 Å². The molecule has 9 heteroatoms. The third kappa shape index (κ3) is 5.14. The second-order valence-electron chi connectivity index (χ2n) is 4.15. The molecule has 0 aliphatic rings. The highest BCUT2D eigenvalue weighted by atomic mass is 31.0. The van der Waals surface area contributed by atoms with Gasteiger partial charge in [-0.1, -0.05) is 9.24 Å². The Morgan fingerprint density at radius 1 is 1.09 bits per heavy atom. The van der Waals surface area contributed by atoms with E-state index in [0.717, 1.165) is 11.4 Å². The van der Waals surface area contributed by atoms with Gasteiger partial charge in [0.05, 0.1) is 25.5 Å². The van der Waals surface area contributed by atoms with E-state index in [4.69, 9.17) is 14.2 Å². The summed E-state index contributed by atoms with van der Waals surface area (Å²) >= 11 is 0. The molecule has 0 saturated carbocycles. The number of ether oxygens (including phenoxy) is 3. The van der Waals surface area contributed by atoms with Gasteiger partial charge in [0, 0.05) is 0 Å². The average Bonchev–Trinajstić information content (AvgIpc) is 2.97. The largest absolute Gasteiger partial charge is 0.491 e. The number of hydrogen-bond acceptors (Lipinski definition) is 7. The zero-order valence-electron chi connectivity index (χ0n) is 11.9. The van der Waals surface area contributed by atoms with Gasteiger partial charge in [-0.2, -0.15) is 4.68 Å². The summed E-state index contributed by atoms with van der Waals surface area (Å²) < 4.78 is 17.4. The highest BCUT2D eigenvalue weighted by Gasteiger charge is 2.03. The molecule has 1 atom stereocenters. The van der Waals surface area contributed by atoms with Gasteiger partial charge in [0.25, 0.3) is 0 Å². The molecule has 0 amide bonds. The van der Waals surface area contributed by atoms with Crippen LogP contribution in [0.5, 0.6) is 5.75 Å². The standard InChI is InChI=1S/C13H17N4O4P/c18-5-6-19-7-8-20-9-10-21-12-3-1-11(2-4-12)17-13(22)14-15-16-17/h1-5H,6-10,22H2. The van der Waals surface area contributed by atoms with Gasteiger partial charge in [-0.15, -0.1) is 5.10 Å². The minimum absolute atomic E-state index is 0.103. The van der Waals surface area contributed by atoms with Crippen LogP contribution >= 0.6 is 9.24 Å². The summed E-state index contributed by atoms with van der Waals surface area (Å²) in [5.74, 6) is 0.739. The third-order valence-electron chi connectivity index (χ3n) is 2.63. The van der Waals surface area contributed by atoms with Crippen LogP contribution in [-0.4, -0.2) is 59.5 Å². The number of rotatable bonds is 10. The molecule has 8 nitrogen and oxygen atoms in total. The summed E-state index contributed by atoms with van der Waals surface area (Å²) in [7, 11) is 2.46. The Bertz CT molecular complexity index is 576. The topological polar surface area (TPSA) is 88.4 Å². The first-order valence-electron chi connectivity index (χ1n) is 6.67. The van der Waals surface area contributed by atoms with E-state index in [1.54, 1.807) is 4.68 Å². The van der Waals surface area contributed by atoms with Crippen LogP contribution < -0.4 is 10.3 Å². The lowest BCUT2D eigenvalue weighted by molar-refractivity contribution is -0.112. The Kier molecular flexibility index (Phi) is 6.89. The van der Waals surface area contributed by atoms with Crippen molar-refractivity contribution in [3.8, 4) is 11.4 Å². The number of hydrogen-bond donors (Lipinski definition) is 0. The number of aldehydes is 1. The zero-order chi connectivity index (χ0) is 15.6. The van der Waals surface area contributed by atoms with Crippen LogP contribution in [0.25, 0.3) is 5.69 Å². The Balaban J connectivity index is 1.67. The Morgan fingerprint density at radius 3 is 2.50 bits per heavy atom.